The molecule has 4 aliphatic heterocycles. The van der Waals surface area contributed by atoms with Crippen LogP contribution >= 0.6 is 0 Å². The van der Waals surface area contributed by atoms with Gasteiger partial charge in [0.1, 0.15) is 0 Å². The first-order chi connectivity index (χ1) is 42.7. The zero-order valence-corrected chi connectivity index (χ0v) is 50.8. The number of aliphatic hydroxyl groups is 1. The molecule has 2 saturated heterocycles. The zero-order valence-electron chi connectivity index (χ0n) is 50.8. The number of carbonyl (C=O) groups excluding carboxylic acids is 6. The molecule has 10 rings (SSSR count). The summed E-state index contributed by atoms with van der Waals surface area (Å²) in [5.41, 5.74) is 10.2. The quantitative estimate of drug-likeness (QED) is 0.0449. The summed E-state index contributed by atoms with van der Waals surface area (Å²) < 4.78 is 9.65. The van der Waals surface area contributed by atoms with Gasteiger partial charge in [-0.3, -0.25) is 33.8 Å². The molecule has 24 nitrogen and oxygen atoms in total. The van der Waals surface area contributed by atoms with E-state index in [-0.39, 0.29) is 29.1 Å². The highest BCUT2D eigenvalue weighted by Crippen LogP contribution is 2.40. The smallest absolute Gasteiger partial charge is 0.337 e. The second-order valence-electron chi connectivity index (χ2n) is 21.5. The van der Waals surface area contributed by atoms with Gasteiger partial charge in [0.05, 0.1) is 78.8 Å². The van der Waals surface area contributed by atoms with E-state index in [1.165, 1.54) is 14.2 Å². The van der Waals surface area contributed by atoms with E-state index in [2.05, 4.69) is 55.0 Å². The molecule has 6 aromatic rings. The van der Waals surface area contributed by atoms with Crippen molar-refractivity contribution in [3.05, 3.63) is 179 Å². The number of carbonyl (C=O) groups is 8. The van der Waals surface area contributed by atoms with Crippen LogP contribution in [0.1, 0.15) is 49.4 Å². The molecule has 24 heteroatoms. The Morgan fingerprint density at radius 2 is 0.878 bits per heavy atom. The van der Waals surface area contributed by atoms with Crippen molar-refractivity contribution in [2.45, 2.75) is 12.5 Å². The van der Waals surface area contributed by atoms with Gasteiger partial charge in [-0.05, 0) is 98.0 Å². The molecule has 0 aromatic heterocycles. The number of nitrogens with zero attached hydrogens (tertiary/aromatic N) is 6. The number of hydrogen-bond donors (Lipinski definition) is 7. The van der Waals surface area contributed by atoms with Gasteiger partial charge in [0.25, 0.3) is 11.8 Å². The molecule has 1 atom stereocenters. The number of carboxylic acids is 2. The van der Waals surface area contributed by atoms with E-state index >= 15 is 0 Å². The number of fused-ring (bicyclic) bond motifs is 2. The van der Waals surface area contributed by atoms with E-state index in [4.69, 9.17) is 24.8 Å². The van der Waals surface area contributed by atoms with Crippen LogP contribution in [-0.4, -0.2) is 202 Å². The molecule has 90 heavy (non-hydrogen) atoms. The third-order valence-corrected chi connectivity index (χ3v) is 15.4. The van der Waals surface area contributed by atoms with Crippen LogP contribution in [0.3, 0.4) is 0 Å². The Balaban J connectivity index is 0.000000223. The van der Waals surface area contributed by atoms with Crippen molar-refractivity contribution in [3.63, 3.8) is 0 Å². The van der Waals surface area contributed by atoms with Crippen LogP contribution in [0.15, 0.2) is 146 Å². The maximum atomic E-state index is 13.2. The number of ether oxygens (including phenoxy) is 2. The minimum atomic E-state index is -1.79. The van der Waals surface area contributed by atoms with Gasteiger partial charge in [0.15, 0.2) is 6.10 Å². The van der Waals surface area contributed by atoms with E-state index in [0.29, 0.717) is 69.3 Å². The highest BCUT2D eigenvalue weighted by molar-refractivity contribution is 6.38. The van der Waals surface area contributed by atoms with Crippen LogP contribution < -0.4 is 31.1 Å². The lowest BCUT2D eigenvalue weighted by Gasteiger charge is -2.32. The van der Waals surface area contributed by atoms with Crippen LogP contribution in [0, 0.1) is 0 Å². The fourth-order valence-electron chi connectivity index (χ4n) is 10.1. The van der Waals surface area contributed by atoms with Crippen LogP contribution in [-0.2, 0) is 38.2 Å². The molecule has 0 saturated carbocycles. The lowest BCUT2D eigenvalue weighted by Crippen LogP contribution is -2.48. The van der Waals surface area contributed by atoms with Crippen molar-refractivity contribution in [2.75, 3.05) is 139 Å². The number of piperazine rings is 2. The molecule has 0 spiro atoms. The van der Waals surface area contributed by atoms with Gasteiger partial charge in [-0.25, -0.2) is 14.4 Å². The first kappa shape index (κ1) is 67.4. The van der Waals surface area contributed by atoms with E-state index < -0.39 is 36.4 Å². The monoisotopic (exact) mass is 1230 g/mol. The van der Waals surface area contributed by atoms with E-state index in [1.807, 2.05) is 109 Å². The maximum absolute atomic E-state index is 13.2. The number of likely N-dealkylation sites (N-methyl/N-ethyl adjacent to an activating group) is 4. The highest BCUT2D eigenvalue weighted by Gasteiger charge is 2.32. The Labute approximate surface area is 520 Å². The van der Waals surface area contributed by atoms with Gasteiger partial charge in [-0.1, -0.05) is 72.8 Å². The van der Waals surface area contributed by atoms with Crippen LogP contribution in [0.2, 0.25) is 0 Å². The molecule has 4 aliphatic rings. The minimum Gasteiger partial charge on any atom is -0.481 e. The SMILES string of the molecule is COC(=O)c1ccc2c(c1)NC(=O)/C2=C(\Nc1ccc(N(C)C(=O)CN2CCN(C)CC2)cc1)c1ccccc1.COC(=O)c1ccc2c(c1)NC(=O)/C2=C(\Nc1ccc(N(C)C(=O)CN2CCN(C)CC2)cc1)c1ccccc1.O.O=C(O)CC(O)C(=O)O. The number of methoxy groups -OCH3 is 2. The number of hydrogen-bond acceptors (Lipinski definition) is 17. The first-order valence-electron chi connectivity index (χ1n) is 28.6. The number of rotatable bonds is 17. The Bertz CT molecular complexity index is 3420. The summed E-state index contributed by atoms with van der Waals surface area (Å²) in [7, 11) is 10.4. The van der Waals surface area contributed by atoms with Crippen LogP contribution in [0.4, 0.5) is 34.1 Å². The van der Waals surface area contributed by atoms with Gasteiger partial charge in [0, 0.05) is 100 Å². The fourth-order valence-corrected chi connectivity index (χ4v) is 10.1. The van der Waals surface area contributed by atoms with E-state index in [9.17, 15) is 38.4 Å². The largest absolute Gasteiger partial charge is 0.481 e. The third kappa shape index (κ3) is 17.2. The summed E-state index contributed by atoms with van der Waals surface area (Å²) >= 11 is 0. The van der Waals surface area contributed by atoms with Crippen molar-refractivity contribution >= 4 is 104 Å². The number of anilines is 6. The van der Waals surface area contributed by atoms with Crippen LogP contribution in [0.5, 0.6) is 0 Å². The lowest BCUT2D eigenvalue weighted by atomic mass is 9.99. The summed E-state index contributed by atoms with van der Waals surface area (Å²) in [5.74, 6) is -4.23. The summed E-state index contributed by atoms with van der Waals surface area (Å²) in [5, 5.41) is 36.8. The number of aliphatic hydroxyl groups excluding tert-OH is 1. The Morgan fingerprint density at radius 1 is 0.522 bits per heavy atom. The number of aliphatic carboxylic acids is 2. The Morgan fingerprint density at radius 3 is 1.19 bits per heavy atom. The second-order valence-corrected chi connectivity index (χ2v) is 21.5. The summed E-state index contributed by atoms with van der Waals surface area (Å²) in [4.78, 5) is 108. The topological polar surface area (TPSA) is 315 Å². The molecule has 9 N–H and O–H groups in total. The molecule has 472 valence electrons. The number of benzene rings is 6. The normalized spacial score (nSPS) is 16.0. The van der Waals surface area contributed by atoms with Crippen LogP contribution in [0.25, 0.3) is 22.5 Å². The molecule has 6 aromatic carbocycles. The molecule has 0 bridgehead atoms. The van der Waals surface area contributed by atoms with Gasteiger partial charge >= 0.3 is 23.9 Å². The van der Waals surface area contributed by atoms with Crippen molar-refractivity contribution in [2.24, 2.45) is 0 Å². The number of amides is 4. The maximum Gasteiger partial charge on any atom is 0.337 e. The lowest BCUT2D eigenvalue weighted by molar-refractivity contribution is -0.152. The van der Waals surface area contributed by atoms with Gasteiger partial charge < -0.3 is 71.1 Å². The van der Waals surface area contributed by atoms with Gasteiger partial charge in [-0.2, -0.15) is 0 Å². The highest BCUT2D eigenvalue weighted by atomic mass is 16.5. The van der Waals surface area contributed by atoms with Crippen molar-refractivity contribution in [1.29, 1.82) is 0 Å². The predicted octanol–water partition coefficient (Wildman–Crippen LogP) is 5.31. The molecule has 0 aliphatic carbocycles. The second kappa shape index (κ2) is 31.2. The molecule has 0 radical (unpaired) electrons. The van der Waals surface area contributed by atoms with Crippen molar-refractivity contribution in [1.82, 2.24) is 19.6 Å². The minimum absolute atomic E-state index is 0. The molecule has 1 unspecified atom stereocenters. The molecular weight excluding hydrogens is 1160 g/mol. The summed E-state index contributed by atoms with van der Waals surface area (Å²) in [6.45, 7) is 8.18. The zero-order chi connectivity index (χ0) is 63.9. The standard InChI is InChI=1S/2C31H33N5O4.C4H6O5.H2O/c2*1-34-15-17-36(18-16-34)20-27(37)35(2)24-12-10-23(11-13-24)32-29(21-7-5-4-6-8-21)28-25-14-9-22(31(39)40-3)19-26(25)33-30(28)38;5-2(4(8)9)1-3(6)7;/h2*4-14,19,32H,15-18,20H2,1-3H3,(H,33,38);2,5H,1H2,(H,6,7)(H,8,9);1H2/b2*29-28-;;. The molecular formula is C66H74N10O14. The fraction of sp³-hybridized carbons (Fsp3) is 0.273. The number of nitrogens with one attached hydrogen (secondary N) is 4. The molecule has 4 amide bonds. The third-order valence-electron chi connectivity index (χ3n) is 15.4. The summed E-state index contributed by atoms with van der Waals surface area (Å²) in [6.07, 6.45) is -2.54. The number of esters is 2. The predicted molar refractivity (Wildman–Crippen MR) is 344 cm³/mol. The average Bonchev–Trinajstić information content (AvgIpc) is 1.66. The van der Waals surface area contributed by atoms with Gasteiger partial charge in [-0.15, -0.1) is 0 Å². The first-order valence-corrected chi connectivity index (χ1v) is 28.6. The van der Waals surface area contributed by atoms with Crippen molar-refractivity contribution < 1.29 is 68.6 Å². The van der Waals surface area contributed by atoms with E-state index in [0.717, 1.165) is 86.2 Å². The molecule has 2 fully saturated rings. The van der Waals surface area contributed by atoms with E-state index in [1.54, 1.807) is 60.3 Å². The average molecular weight is 1230 g/mol. The molecule has 4 heterocycles. The van der Waals surface area contributed by atoms with Gasteiger partial charge in [0.2, 0.25) is 11.8 Å². The Hall–Kier alpha value is -10.1. The van der Waals surface area contributed by atoms with Crippen molar-refractivity contribution in [3.8, 4) is 0 Å². The number of carboxylic acid groups (broad SMARTS) is 2. The Kier molecular flexibility index (Phi) is 23.4. The summed E-state index contributed by atoms with van der Waals surface area (Å²) in [6, 6.07) is 44.4.